The molecule has 0 spiro atoms. The third-order valence-electron chi connectivity index (χ3n) is 4.01. The van der Waals surface area contributed by atoms with Crippen molar-refractivity contribution in [1.82, 2.24) is 9.55 Å². The van der Waals surface area contributed by atoms with Crippen molar-refractivity contribution in [3.63, 3.8) is 0 Å². The maximum Gasteiger partial charge on any atom is 0.156 e. The zero-order valence-electron chi connectivity index (χ0n) is 11.3. The number of hydrogen-bond donors (Lipinski definition) is 0. The van der Waals surface area contributed by atoms with Crippen LogP contribution in [0.3, 0.4) is 0 Å². The average Bonchev–Trinajstić information content (AvgIpc) is 2.97. The number of nitrogens with zero attached hydrogens (tertiary/aromatic N) is 2. The van der Waals surface area contributed by atoms with E-state index in [-0.39, 0.29) is 4.75 Å². The molecule has 1 aromatic carbocycles. The summed E-state index contributed by atoms with van der Waals surface area (Å²) in [5.41, 5.74) is 2.06. The zero-order valence-corrected chi connectivity index (χ0v) is 12.2. The van der Waals surface area contributed by atoms with Crippen LogP contribution in [-0.2, 0) is 18.3 Å². The van der Waals surface area contributed by atoms with Crippen molar-refractivity contribution < 1.29 is 4.79 Å². The summed E-state index contributed by atoms with van der Waals surface area (Å²) in [6.07, 6.45) is 2.59. The molecule has 1 fully saturated rings. The van der Waals surface area contributed by atoms with Crippen LogP contribution in [0.25, 0.3) is 11.0 Å². The van der Waals surface area contributed by atoms with Crippen LogP contribution in [0, 0.1) is 0 Å². The molecule has 0 aliphatic carbocycles. The predicted molar refractivity (Wildman–Crippen MR) is 79.5 cm³/mol. The summed E-state index contributed by atoms with van der Waals surface area (Å²) in [5, 5.41) is 0. The highest BCUT2D eigenvalue weighted by Gasteiger charge is 2.37. The van der Waals surface area contributed by atoms with Gasteiger partial charge in [-0.25, -0.2) is 4.98 Å². The number of Topliss-reactive ketones (excluding diaryl/α,β-unsaturated/α-hetero) is 1. The van der Waals surface area contributed by atoms with Crippen molar-refractivity contribution in [1.29, 1.82) is 0 Å². The van der Waals surface area contributed by atoms with Crippen LogP contribution in [0.2, 0.25) is 0 Å². The first-order valence-electron chi connectivity index (χ1n) is 6.68. The molecule has 1 saturated heterocycles. The summed E-state index contributed by atoms with van der Waals surface area (Å²) in [6.45, 7) is 2.08. The van der Waals surface area contributed by atoms with Crippen LogP contribution in [-0.4, -0.2) is 25.8 Å². The zero-order chi connectivity index (χ0) is 13.5. The van der Waals surface area contributed by atoms with Crippen molar-refractivity contribution in [3.05, 3.63) is 30.1 Å². The van der Waals surface area contributed by atoms with Gasteiger partial charge in [0, 0.05) is 7.05 Å². The van der Waals surface area contributed by atoms with Gasteiger partial charge in [0.2, 0.25) is 0 Å². The molecule has 1 unspecified atom stereocenters. The highest BCUT2D eigenvalue weighted by Crippen LogP contribution is 2.39. The second kappa shape index (κ2) is 4.67. The Hall–Kier alpha value is -1.29. The van der Waals surface area contributed by atoms with E-state index in [0.29, 0.717) is 12.2 Å². The van der Waals surface area contributed by atoms with Gasteiger partial charge in [-0.2, -0.15) is 0 Å². The second-order valence-electron chi connectivity index (χ2n) is 5.36. The minimum absolute atomic E-state index is 0.196. The monoisotopic (exact) mass is 274 g/mol. The molecule has 0 bridgehead atoms. The van der Waals surface area contributed by atoms with Crippen molar-refractivity contribution in [3.8, 4) is 0 Å². The predicted octanol–water partition coefficient (Wildman–Crippen LogP) is 2.97. The molecule has 3 rings (SSSR count). The lowest BCUT2D eigenvalue weighted by atomic mass is 9.98. The Morgan fingerprint density at radius 3 is 2.95 bits per heavy atom. The Kier molecular flexibility index (Phi) is 3.13. The van der Waals surface area contributed by atoms with E-state index in [1.54, 1.807) is 11.8 Å². The number of rotatable bonds is 3. The molecule has 0 saturated carbocycles. The fourth-order valence-electron chi connectivity index (χ4n) is 2.68. The van der Waals surface area contributed by atoms with E-state index in [2.05, 4.69) is 11.9 Å². The molecule has 0 amide bonds. The molecule has 3 nitrogen and oxygen atoms in total. The summed E-state index contributed by atoms with van der Waals surface area (Å²) in [6, 6.07) is 8.02. The van der Waals surface area contributed by atoms with Crippen LogP contribution in [0.4, 0.5) is 0 Å². The maximum atomic E-state index is 12.5. The molecule has 2 heterocycles. The minimum Gasteiger partial charge on any atom is -0.331 e. The van der Waals surface area contributed by atoms with E-state index in [1.165, 1.54) is 0 Å². The Bertz CT molecular complexity index is 626. The first-order chi connectivity index (χ1) is 9.10. The van der Waals surface area contributed by atoms with Crippen molar-refractivity contribution in [2.75, 3.05) is 5.75 Å². The molecule has 1 aromatic heterocycles. The van der Waals surface area contributed by atoms with Gasteiger partial charge in [-0.1, -0.05) is 12.1 Å². The Morgan fingerprint density at radius 1 is 1.47 bits per heavy atom. The SMILES string of the molecule is Cn1c(CC(=O)C2(C)CCCS2)nc2ccccc21. The van der Waals surface area contributed by atoms with E-state index in [9.17, 15) is 4.79 Å². The number of imidazole rings is 1. The highest BCUT2D eigenvalue weighted by atomic mass is 32.2. The number of aromatic nitrogens is 2. The summed E-state index contributed by atoms with van der Waals surface area (Å²) in [4.78, 5) is 17.1. The van der Waals surface area contributed by atoms with E-state index in [1.807, 2.05) is 35.9 Å². The number of thioether (sulfide) groups is 1. The molecule has 1 atom stereocenters. The summed E-state index contributed by atoms with van der Waals surface area (Å²) in [7, 11) is 1.99. The first kappa shape index (κ1) is 12.7. The maximum absolute atomic E-state index is 12.5. The third-order valence-corrected chi connectivity index (χ3v) is 5.57. The van der Waals surface area contributed by atoms with Gasteiger partial charge in [-0.15, -0.1) is 11.8 Å². The van der Waals surface area contributed by atoms with Gasteiger partial charge in [0.25, 0.3) is 0 Å². The lowest BCUT2D eigenvalue weighted by molar-refractivity contribution is -0.120. The molecule has 0 N–H and O–H groups in total. The number of carbonyl (C=O) groups is 1. The normalized spacial score (nSPS) is 23.1. The molecule has 4 heteroatoms. The van der Waals surface area contributed by atoms with Crippen LogP contribution < -0.4 is 0 Å². The molecule has 1 aliphatic heterocycles. The number of benzene rings is 1. The number of hydrogen-bond acceptors (Lipinski definition) is 3. The van der Waals surface area contributed by atoms with Crippen molar-refractivity contribution in [2.45, 2.75) is 30.9 Å². The fraction of sp³-hybridized carbons (Fsp3) is 0.467. The quantitative estimate of drug-likeness (QED) is 0.863. The number of carbonyl (C=O) groups excluding carboxylic acids is 1. The smallest absolute Gasteiger partial charge is 0.156 e. The van der Waals surface area contributed by atoms with E-state index in [0.717, 1.165) is 35.5 Å². The fourth-order valence-corrected chi connectivity index (χ4v) is 3.94. The van der Waals surface area contributed by atoms with Crippen molar-refractivity contribution in [2.24, 2.45) is 7.05 Å². The average molecular weight is 274 g/mol. The number of aryl methyl sites for hydroxylation is 1. The van der Waals surface area contributed by atoms with Crippen LogP contribution in [0.5, 0.6) is 0 Å². The van der Waals surface area contributed by atoms with Gasteiger partial charge in [-0.05, 0) is 37.7 Å². The number of ketones is 1. The molecule has 1 aliphatic rings. The lowest BCUT2D eigenvalue weighted by Gasteiger charge is -2.20. The standard InChI is InChI=1S/C15H18N2OS/c1-15(8-5-9-19-15)13(18)10-14-16-11-6-3-4-7-12(11)17(14)2/h3-4,6-7H,5,8-10H2,1-2H3. The minimum atomic E-state index is -0.196. The lowest BCUT2D eigenvalue weighted by Crippen LogP contribution is -2.31. The second-order valence-corrected chi connectivity index (χ2v) is 6.96. The molecule has 2 aromatic rings. The Morgan fingerprint density at radius 2 is 2.26 bits per heavy atom. The van der Waals surface area contributed by atoms with Gasteiger partial charge in [0.15, 0.2) is 5.78 Å². The molecular formula is C15H18N2OS. The summed E-state index contributed by atoms with van der Waals surface area (Å²) in [5.74, 6) is 2.29. The molecule has 19 heavy (non-hydrogen) atoms. The largest absolute Gasteiger partial charge is 0.331 e. The molecule has 0 radical (unpaired) electrons. The number of fused-ring (bicyclic) bond motifs is 1. The van der Waals surface area contributed by atoms with Gasteiger partial charge in [0.05, 0.1) is 22.2 Å². The van der Waals surface area contributed by atoms with Crippen LogP contribution in [0.15, 0.2) is 24.3 Å². The van der Waals surface area contributed by atoms with E-state index in [4.69, 9.17) is 0 Å². The van der Waals surface area contributed by atoms with Crippen LogP contribution in [0.1, 0.15) is 25.6 Å². The van der Waals surface area contributed by atoms with Gasteiger partial charge < -0.3 is 4.57 Å². The summed E-state index contributed by atoms with van der Waals surface area (Å²) < 4.78 is 1.84. The Labute approximate surface area is 117 Å². The van der Waals surface area contributed by atoms with E-state index >= 15 is 0 Å². The highest BCUT2D eigenvalue weighted by molar-refractivity contribution is 8.01. The van der Waals surface area contributed by atoms with Gasteiger partial charge >= 0.3 is 0 Å². The molecule has 100 valence electrons. The summed E-state index contributed by atoms with van der Waals surface area (Å²) >= 11 is 1.80. The first-order valence-corrected chi connectivity index (χ1v) is 7.66. The van der Waals surface area contributed by atoms with Gasteiger partial charge in [-0.3, -0.25) is 4.79 Å². The van der Waals surface area contributed by atoms with Gasteiger partial charge in [0.1, 0.15) is 5.82 Å². The number of para-hydroxylation sites is 2. The molecular weight excluding hydrogens is 256 g/mol. The Balaban J connectivity index is 1.89. The topological polar surface area (TPSA) is 34.9 Å². The van der Waals surface area contributed by atoms with E-state index < -0.39 is 0 Å². The third kappa shape index (κ3) is 2.18. The van der Waals surface area contributed by atoms with Crippen molar-refractivity contribution >= 4 is 28.6 Å². The van der Waals surface area contributed by atoms with Crippen LogP contribution >= 0.6 is 11.8 Å².